The minimum absolute atomic E-state index is 1.07. The van der Waals surface area contributed by atoms with E-state index in [-0.39, 0.29) is 0 Å². The van der Waals surface area contributed by atoms with E-state index in [1.54, 1.807) is 0 Å². The zero-order valence-electron chi connectivity index (χ0n) is 49.6. The maximum absolute atomic E-state index is 2.46. The second kappa shape index (κ2) is 20.3. The number of anilines is 6. The monoisotopic (exact) mass is 1150 g/mol. The van der Waals surface area contributed by atoms with Crippen molar-refractivity contribution >= 4 is 78.2 Å². The van der Waals surface area contributed by atoms with Crippen LogP contribution < -0.4 is 9.80 Å². The van der Waals surface area contributed by atoms with Crippen LogP contribution in [0, 0.1) is 0 Å². The fourth-order valence-electron chi connectivity index (χ4n) is 15.5. The van der Waals surface area contributed by atoms with Gasteiger partial charge in [0.2, 0.25) is 0 Å². The zero-order valence-corrected chi connectivity index (χ0v) is 49.6. The minimum atomic E-state index is 1.07. The maximum Gasteiger partial charge on any atom is 0.0542 e. The lowest BCUT2D eigenvalue weighted by Crippen LogP contribution is -2.10. The molecule has 1 heterocycles. The summed E-state index contributed by atoms with van der Waals surface area (Å²) < 4.78 is 2.46. The molecule has 0 atom stereocenters. The highest BCUT2D eigenvalue weighted by molar-refractivity contribution is 6.21. The molecule has 0 spiro atoms. The first-order chi connectivity index (χ1) is 45.2. The van der Waals surface area contributed by atoms with E-state index in [0.29, 0.717) is 0 Å². The Kier molecular flexibility index (Phi) is 11.4. The zero-order chi connectivity index (χ0) is 59.7. The second-order valence-electron chi connectivity index (χ2n) is 24.2. The smallest absolute Gasteiger partial charge is 0.0542 e. The molecule has 0 saturated heterocycles. The average Bonchev–Trinajstić information content (AvgIpc) is 1.60. The van der Waals surface area contributed by atoms with E-state index in [1.165, 1.54) is 122 Å². The van der Waals surface area contributed by atoms with Crippen LogP contribution in [0.2, 0.25) is 0 Å². The van der Waals surface area contributed by atoms with Crippen LogP contribution in [0.1, 0.15) is 44.5 Å². The van der Waals surface area contributed by atoms with Crippen molar-refractivity contribution in [1.82, 2.24) is 4.57 Å². The lowest BCUT2D eigenvalue weighted by molar-refractivity contribution is 1.18. The predicted octanol–water partition coefficient (Wildman–Crippen LogP) is 23.3. The van der Waals surface area contributed by atoms with Crippen molar-refractivity contribution in [3.05, 3.63) is 378 Å². The fraction of sp³-hybridized carbons (Fsp3) is 0. The van der Waals surface area contributed by atoms with Crippen molar-refractivity contribution < 1.29 is 0 Å². The van der Waals surface area contributed by atoms with Crippen molar-refractivity contribution in [1.29, 1.82) is 0 Å². The molecule has 4 aliphatic rings. The minimum Gasteiger partial charge on any atom is -0.310 e. The standard InChI is InChI=1S/C88H55N3/c1-4-22-56(23-5-1)57-40-42-60(43-41-57)91-83-50-46-63(89(58-24-6-2-7-25-58)61-44-48-71-69-32-14-20-38-77(69)87(81(71)54-61)85-73-34-16-10-28-65(73)66-29-11-17-35-74(66)85)52-79(83)80-53-64(47-51-84(80)91)90(59-26-8-3-9-27-59)62-45-49-72-70-33-15-21-39-78(70)88(82(72)55-62)86-75-36-18-12-30-67(75)68-31-13-19-37-76(68)86/h1-55H. The normalized spacial score (nSPS) is 12.7. The summed E-state index contributed by atoms with van der Waals surface area (Å²) in [5.74, 6) is 0. The van der Waals surface area contributed by atoms with Gasteiger partial charge in [0, 0.05) is 50.6 Å². The van der Waals surface area contributed by atoms with E-state index < -0.39 is 0 Å². The van der Waals surface area contributed by atoms with Crippen LogP contribution in [0.5, 0.6) is 0 Å². The van der Waals surface area contributed by atoms with Gasteiger partial charge < -0.3 is 14.4 Å². The Balaban J connectivity index is 0.819. The highest BCUT2D eigenvalue weighted by atomic mass is 15.2. The summed E-state index contributed by atoms with van der Waals surface area (Å²) in [5, 5.41) is 2.31. The number of hydrogen-bond donors (Lipinski definition) is 0. The lowest BCUT2D eigenvalue weighted by atomic mass is 9.91. The molecule has 19 rings (SSSR count). The third-order valence-electron chi connectivity index (χ3n) is 19.4. The van der Waals surface area contributed by atoms with Crippen molar-refractivity contribution in [2.75, 3.05) is 9.80 Å². The van der Waals surface area contributed by atoms with Gasteiger partial charge in [0.05, 0.1) is 11.0 Å². The second-order valence-corrected chi connectivity index (χ2v) is 24.2. The van der Waals surface area contributed by atoms with Crippen LogP contribution in [0.3, 0.4) is 0 Å². The van der Waals surface area contributed by atoms with Crippen LogP contribution in [0.15, 0.2) is 334 Å². The van der Waals surface area contributed by atoms with E-state index in [1.807, 2.05) is 0 Å². The first kappa shape index (κ1) is 51.0. The summed E-state index contributed by atoms with van der Waals surface area (Å²) in [6.07, 6.45) is 0. The molecule has 0 amide bonds. The number of para-hydroxylation sites is 2. The molecule has 0 bridgehead atoms. The Labute approximate surface area is 528 Å². The van der Waals surface area contributed by atoms with E-state index in [9.17, 15) is 0 Å². The summed E-state index contributed by atoms with van der Waals surface area (Å²) in [7, 11) is 0. The SMILES string of the molecule is c1ccc(-c2ccc(-n3c4ccc(N(c5ccccc5)c5ccc6c(c5)C(=C5c7ccccc7-c7ccccc75)c5ccccc5-6)cc4c4cc(N(c5ccccc5)c5ccc6c(c5)C(=C5c7ccccc7-c7ccccc75)c5ccccc5-6)ccc43)cc2)cc1. The Hall–Kier alpha value is -12.0. The Morgan fingerprint density at radius 3 is 0.791 bits per heavy atom. The molecule has 0 saturated carbocycles. The van der Waals surface area contributed by atoms with Gasteiger partial charge in [-0.2, -0.15) is 0 Å². The summed E-state index contributed by atoms with van der Waals surface area (Å²) in [6.45, 7) is 0. The van der Waals surface area contributed by atoms with Crippen LogP contribution in [0.25, 0.3) is 105 Å². The van der Waals surface area contributed by atoms with Gasteiger partial charge >= 0.3 is 0 Å². The molecule has 15 aromatic rings. The molecular formula is C88H55N3. The first-order valence-corrected chi connectivity index (χ1v) is 31.5. The van der Waals surface area contributed by atoms with Crippen LogP contribution in [-0.4, -0.2) is 4.57 Å². The molecule has 0 N–H and O–H groups in total. The molecule has 3 nitrogen and oxygen atoms in total. The van der Waals surface area contributed by atoms with Crippen LogP contribution in [-0.2, 0) is 0 Å². The number of rotatable bonds is 8. The van der Waals surface area contributed by atoms with Gasteiger partial charge in [-0.05, 0) is 219 Å². The van der Waals surface area contributed by atoms with Crippen molar-refractivity contribution in [2.45, 2.75) is 0 Å². The van der Waals surface area contributed by atoms with E-state index >= 15 is 0 Å². The molecule has 1 aromatic heterocycles. The molecule has 14 aromatic carbocycles. The molecule has 0 radical (unpaired) electrons. The molecule has 91 heavy (non-hydrogen) atoms. The van der Waals surface area contributed by atoms with Gasteiger partial charge in [-0.25, -0.2) is 0 Å². The van der Waals surface area contributed by atoms with Gasteiger partial charge in [-0.3, -0.25) is 0 Å². The topological polar surface area (TPSA) is 11.4 Å². The molecule has 4 aliphatic carbocycles. The van der Waals surface area contributed by atoms with Crippen molar-refractivity contribution in [3.63, 3.8) is 0 Å². The fourth-order valence-corrected chi connectivity index (χ4v) is 15.5. The van der Waals surface area contributed by atoms with Crippen molar-refractivity contribution in [3.8, 4) is 61.3 Å². The molecule has 0 unspecified atom stereocenters. The van der Waals surface area contributed by atoms with Gasteiger partial charge in [0.25, 0.3) is 0 Å². The largest absolute Gasteiger partial charge is 0.310 e. The summed E-state index contributed by atoms with van der Waals surface area (Å²) >= 11 is 0. The molecule has 422 valence electrons. The van der Waals surface area contributed by atoms with Crippen molar-refractivity contribution in [2.24, 2.45) is 0 Å². The molecule has 0 fully saturated rings. The molecule has 3 heteroatoms. The molecule has 0 aliphatic heterocycles. The highest BCUT2D eigenvalue weighted by Crippen LogP contribution is 2.58. The van der Waals surface area contributed by atoms with E-state index in [2.05, 4.69) is 348 Å². The number of aromatic nitrogens is 1. The van der Waals surface area contributed by atoms with Crippen LogP contribution >= 0.6 is 0 Å². The van der Waals surface area contributed by atoms with Crippen LogP contribution in [0.4, 0.5) is 34.1 Å². The third kappa shape index (κ3) is 7.81. The summed E-state index contributed by atoms with van der Waals surface area (Å²) in [4.78, 5) is 4.91. The first-order valence-electron chi connectivity index (χ1n) is 31.5. The van der Waals surface area contributed by atoms with Gasteiger partial charge in [0.1, 0.15) is 0 Å². The highest BCUT2D eigenvalue weighted by Gasteiger charge is 2.35. The average molecular weight is 1150 g/mol. The Bertz CT molecular complexity index is 5170. The maximum atomic E-state index is 2.46. The van der Waals surface area contributed by atoms with Gasteiger partial charge in [0.15, 0.2) is 0 Å². The number of nitrogens with zero attached hydrogens (tertiary/aromatic N) is 3. The number of hydrogen-bond acceptors (Lipinski definition) is 2. The van der Waals surface area contributed by atoms with Gasteiger partial charge in [-0.15, -0.1) is 0 Å². The summed E-state index contributed by atoms with van der Waals surface area (Å²) in [6, 6.07) is 124. The predicted molar refractivity (Wildman–Crippen MR) is 380 cm³/mol. The van der Waals surface area contributed by atoms with Gasteiger partial charge in [-0.1, -0.05) is 237 Å². The summed E-state index contributed by atoms with van der Waals surface area (Å²) in [5.41, 5.74) is 37.6. The Morgan fingerprint density at radius 2 is 0.440 bits per heavy atom. The number of fused-ring (bicyclic) bond motifs is 15. The third-order valence-corrected chi connectivity index (χ3v) is 19.4. The molecular weight excluding hydrogens is 1100 g/mol. The lowest BCUT2D eigenvalue weighted by Gasteiger charge is -2.27. The Morgan fingerprint density at radius 1 is 0.176 bits per heavy atom. The number of benzene rings is 14. The van der Waals surface area contributed by atoms with E-state index in [4.69, 9.17) is 0 Å². The van der Waals surface area contributed by atoms with E-state index in [0.717, 1.165) is 61.6 Å². The quantitative estimate of drug-likeness (QED) is 0.150.